The van der Waals surface area contributed by atoms with Gasteiger partial charge in [0.1, 0.15) is 5.69 Å². The van der Waals surface area contributed by atoms with E-state index in [9.17, 15) is 9.59 Å². The first-order chi connectivity index (χ1) is 4.74. The van der Waals surface area contributed by atoms with E-state index in [1.54, 1.807) is 0 Å². The number of nitrogens with one attached hydrogen (secondary N) is 2. The molecule has 0 saturated carbocycles. The Hall–Kier alpha value is -1.03. The van der Waals surface area contributed by atoms with Crippen LogP contribution in [-0.2, 0) is 0 Å². The highest BCUT2D eigenvalue weighted by molar-refractivity contribution is 6.30. The van der Waals surface area contributed by atoms with E-state index in [1.807, 2.05) is 0 Å². The van der Waals surface area contributed by atoms with Gasteiger partial charge in [0.05, 0.1) is 5.88 Å². The van der Waals surface area contributed by atoms with Crippen molar-refractivity contribution in [1.82, 2.24) is 9.97 Å². The van der Waals surface area contributed by atoms with Crippen LogP contribution in [-0.4, -0.2) is 21.6 Å². The lowest BCUT2D eigenvalue weighted by Crippen LogP contribution is -2.05. The van der Waals surface area contributed by atoms with Crippen molar-refractivity contribution in [1.29, 1.82) is 0 Å². The van der Waals surface area contributed by atoms with Crippen molar-refractivity contribution in [2.45, 2.75) is 0 Å². The summed E-state index contributed by atoms with van der Waals surface area (Å²) < 4.78 is 0. The smallest absolute Gasteiger partial charge is 0.312 e. The van der Waals surface area contributed by atoms with Gasteiger partial charge in [0.25, 0.3) is 0 Å². The van der Waals surface area contributed by atoms with Crippen LogP contribution in [0.5, 0.6) is 0 Å². The number of Topliss-reactive ketones (excluding diaryl/α,β-unsaturated/α-hetero) is 1. The number of carbonyl (C=O) groups excluding carboxylic acids is 1. The number of aromatic nitrogens is 2. The number of hydrogen-bond acceptors (Lipinski definition) is 2. The maximum absolute atomic E-state index is 10.7. The molecule has 1 aromatic heterocycles. The Bertz CT molecular complexity index is 288. The lowest BCUT2D eigenvalue weighted by molar-refractivity contribution is 0.101. The van der Waals surface area contributed by atoms with E-state index in [4.69, 9.17) is 11.6 Å². The summed E-state index contributed by atoms with van der Waals surface area (Å²) in [6, 6.07) is 0. The molecule has 0 aliphatic heterocycles. The molecule has 10 heavy (non-hydrogen) atoms. The van der Waals surface area contributed by atoms with Crippen molar-refractivity contribution in [3.8, 4) is 0 Å². The maximum Gasteiger partial charge on any atom is 0.323 e. The van der Waals surface area contributed by atoms with Gasteiger partial charge >= 0.3 is 5.69 Å². The van der Waals surface area contributed by atoms with E-state index in [-0.39, 0.29) is 17.4 Å². The summed E-state index contributed by atoms with van der Waals surface area (Å²) in [5.74, 6) is -0.409. The second-order valence-electron chi connectivity index (χ2n) is 1.71. The highest BCUT2D eigenvalue weighted by atomic mass is 35.5. The summed E-state index contributed by atoms with van der Waals surface area (Å²) >= 11 is 5.21. The van der Waals surface area contributed by atoms with Crippen LogP contribution < -0.4 is 5.69 Å². The minimum Gasteiger partial charge on any atom is -0.312 e. The van der Waals surface area contributed by atoms with Crippen LogP contribution in [0.1, 0.15) is 10.5 Å². The molecule has 0 fully saturated rings. The first kappa shape index (κ1) is 7.08. The molecular weight excluding hydrogens is 156 g/mol. The Kier molecular flexibility index (Phi) is 1.91. The molecule has 1 aromatic rings. The van der Waals surface area contributed by atoms with Gasteiger partial charge in [0.2, 0.25) is 0 Å². The van der Waals surface area contributed by atoms with Crippen molar-refractivity contribution in [3.05, 3.63) is 22.4 Å². The predicted molar refractivity (Wildman–Crippen MR) is 36.5 cm³/mol. The number of H-pyrrole nitrogens is 2. The van der Waals surface area contributed by atoms with E-state index in [0.29, 0.717) is 0 Å². The van der Waals surface area contributed by atoms with Gasteiger partial charge in [0, 0.05) is 6.20 Å². The molecule has 0 aliphatic rings. The number of carbonyl (C=O) groups is 1. The standard InChI is InChI=1S/C5H5ClN2O2/c6-1-4(9)3-2-7-5(10)8-3/h2H,1H2,(H2,7,8,10). The van der Waals surface area contributed by atoms with Gasteiger partial charge in [-0.05, 0) is 0 Å². The van der Waals surface area contributed by atoms with E-state index in [1.165, 1.54) is 6.20 Å². The first-order valence-electron chi connectivity index (χ1n) is 2.61. The zero-order valence-corrected chi connectivity index (χ0v) is 5.73. The van der Waals surface area contributed by atoms with Crippen molar-refractivity contribution < 1.29 is 4.79 Å². The molecule has 0 amide bonds. The summed E-state index contributed by atoms with van der Waals surface area (Å²) in [6.07, 6.45) is 1.30. The normalized spacial score (nSPS) is 9.70. The van der Waals surface area contributed by atoms with Crippen LogP contribution in [0.2, 0.25) is 0 Å². The molecule has 0 aromatic carbocycles. The molecule has 5 heteroatoms. The molecule has 2 N–H and O–H groups in total. The molecule has 54 valence electrons. The van der Waals surface area contributed by atoms with Crippen molar-refractivity contribution >= 4 is 17.4 Å². The summed E-state index contributed by atoms with van der Waals surface area (Å²) in [4.78, 5) is 25.7. The zero-order valence-electron chi connectivity index (χ0n) is 4.98. The minimum absolute atomic E-state index is 0.117. The molecule has 1 heterocycles. The topological polar surface area (TPSA) is 65.7 Å². The van der Waals surface area contributed by atoms with Crippen LogP contribution >= 0.6 is 11.6 Å². The van der Waals surface area contributed by atoms with Gasteiger partial charge in [-0.25, -0.2) is 4.79 Å². The fraction of sp³-hybridized carbons (Fsp3) is 0.200. The van der Waals surface area contributed by atoms with Gasteiger partial charge in [-0.15, -0.1) is 11.6 Å². The van der Waals surface area contributed by atoms with Crippen molar-refractivity contribution in [2.75, 3.05) is 5.88 Å². The largest absolute Gasteiger partial charge is 0.323 e. The zero-order chi connectivity index (χ0) is 7.56. The van der Waals surface area contributed by atoms with E-state index in [2.05, 4.69) is 9.97 Å². The third kappa shape index (κ3) is 1.27. The predicted octanol–water partition coefficient (Wildman–Crippen LogP) is 0.124. The van der Waals surface area contributed by atoms with Gasteiger partial charge < -0.3 is 9.97 Å². The Balaban J connectivity index is 2.95. The Morgan fingerprint density at radius 2 is 2.40 bits per heavy atom. The highest BCUT2D eigenvalue weighted by Gasteiger charge is 2.04. The summed E-state index contributed by atoms with van der Waals surface area (Å²) in [6.45, 7) is 0. The molecular formula is C5H5ClN2O2. The first-order valence-corrected chi connectivity index (χ1v) is 3.14. The van der Waals surface area contributed by atoms with Crippen LogP contribution in [0, 0.1) is 0 Å². The van der Waals surface area contributed by atoms with E-state index >= 15 is 0 Å². The summed E-state index contributed by atoms with van der Waals surface area (Å²) in [7, 11) is 0. The van der Waals surface area contributed by atoms with E-state index in [0.717, 1.165) is 0 Å². The Labute approximate surface area is 61.2 Å². The van der Waals surface area contributed by atoms with Gasteiger partial charge in [0.15, 0.2) is 5.78 Å². The average molecular weight is 161 g/mol. The molecule has 4 nitrogen and oxygen atoms in total. The maximum atomic E-state index is 10.7. The van der Waals surface area contributed by atoms with Gasteiger partial charge in [-0.2, -0.15) is 0 Å². The Morgan fingerprint density at radius 3 is 2.80 bits per heavy atom. The number of alkyl halides is 1. The fourth-order valence-corrected chi connectivity index (χ4v) is 0.698. The number of imidazole rings is 1. The molecule has 0 radical (unpaired) electrons. The Morgan fingerprint density at radius 1 is 1.70 bits per heavy atom. The quantitative estimate of drug-likeness (QED) is 0.477. The van der Waals surface area contributed by atoms with Crippen LogP contribution in [0.25, 0.3) is 0 Å². The average Bonchev–Trinajstić information content (AvgIpc) is 2.34. The van der Waals surface area contributed by atoms with Crippen LogP contribution in [0.4, 0.5) is 0 Å². The molecule has 0 unspecified atom stereocenters. The monoisotopic (exact) mass is 160 g/mol. The van der Waals surface area contributed by atoms with Crippen molar-refractivity contribution in [2.24, 2.45) is 0 Å². The fourth-order valence-electron chi connectivity index (χ4n) is 0.554. The molecule has 0 aliphatic carbocycles. The minimum atomic E-state index is -0.395. The van der Waals surface area contributed by atoms with Crippen molar-refractivity contribution in [3.63, 3.8) is 0 Å². The van der Waals surface area contributed by atoms with Crippen LogP contribution in [0.15, 0.2) is 11.0 Å². The molecule has 0 atom stereocenters. The third-order valence-corrected chi connectivity index (χ3v) is 1.26. The van der Waals surface area contributed by atoms with Crippen LogP contribution in [0.3, 0.4) is 0 Å². The second kappa shape index (κ2) is 2.70. The molecule has 0 saturated heterocycles. The number of aromatic amines is 2. The second-order valence-corrected chi connectivity index (χ2v) is 1.98. The lowest BCUT2D eigenvalue weighted by Gasteiger charge is -1.85. The molecule has 0 bridgehead atoms. The summed E-state index contributed by atoms with van der Waals surface area (Å²) in [5, 5.41) is 0. The third-order valence-electron chi connectivity index (χ3n) is 1.02. The number of rotatable bonds is 2. The van der Waals surface area contributed by atoms with Gasteiger partial charge in [-0.3, -0.25) is 4.79 Å². The molecule has 1 rings (SSSR count). The highest BCUT2D eigenvalue weighted by Crippen LogP contribution is 1.91. The summed E-state index contributed by atoms with van der Waals surface area (Å²) in [5.41, 5.74) is -0.173. The number of halogens is 1. The number of hydrogen-bond donors (Lipinski definition) is 2. The van der Waals surface area contributed by atoms with E-state index < -0.39 is 5.69 Å². The number of ketones is 1. The molecule has 0 spiro atoms. The van der Waals surface area contributed by atoms with Gasteiger partial charge in [-0.1, -0.05) is 0 Å². The lowest BCUT2D eigenvalue weighted by atomic mass is 10.3. The SMILES string of the molecule is O=C(CCl)c1c[nH]c(=O)[nH]1.